The van der Waals surface area contributed by atoms with Crippen molar-refractivity contribution in [1.29, 1.82) is 0 Å². The van der Waals surface area contributed by atoms with E-state index in [0.29, 0.717) is 17.2 Å². The molecule has 1 atom stereocenters. The van der Waals surface area contributed by atoms with Gasteiger partial charge in [0.15, 0.2) is 0 Å². The predicted molar refractivity (Wildman–Crippen MR) is 148 cm³/mol. The number of alkyl halides is 7. The third kappa shape index (κ3) is 7.98. The van der Waals surface area contributed by atoms with Gasteiger partial charge in [0.05, 0.1) is 18.2 Å². The first kappa shape index (κ1) is 31.7. The first-order valence-corrected chi connectivity index (χ1v) is 13.3. The van der Waals surface area contributed by atoms with E-state index in [1.165, 1.54) is 35.2 Å². The fourth-order valence-corrected chi connectivity index (χ4v) is 4.59. The lowest BCUT2D eigenvalue weighted by atomic mass is 9.97. The second kappa shape index (κ2) is 13.4. The molecule has 1 unspecified atom stereocenters. The lowest BCUT2D eigenvalue weighted by Crippen LogP contribution is -2.34. The average Bonchev–Trinajstić information content (AvgIpc) is 2.97. The molecular formula is C32H28F7NO3. The summed E-state index contributed by atoms with van der Waals surface area (Å²) in [6.07, 6.45) is -12.8. The number of ether oxygens (including phenoxy) is 2. The van der Waals surface area contributed by atoms with E-state index in [-0.39, 0.29) is 17.7 Å². The first-order chi connectivity index (χ1) is 20.4. The molecule has 228 valence electrons. The molecule has 0 aromatic heterocycles. The van der Waals surface area contributed by atoms with Gasteiger partial charge in [-0.25, -0.2) is 0 Å². The minimum atomic E-state index is -4.75. The molecule has 0 saturated heterocycles. The van der Waals surface area contributed by atoms with Crippen LogP contribution < -0.4 is 14.4 Å². The highest BCUT2D eigenvalue weighted by Crippen LogP contribution is 2.39. The van der Waals surface area contributed by atoms with E-state index in [1.54, 1.807) is 30.3 Å². The van der Waals surface area contributed by atoms with Crippen LogP contribution in [0.4, 0.5) is 36.4 Å². The summed E-state index contributed by atoms with van der Waals surface area (Å²) in [4.78, 5) is 1.45. The molecule has 0 spiro atoms. The Bertz CT molecular complexity index is 1510. The number of aliphatic hydroxyl groups excluding tert-OH is 1. The van der Waals surface area contributed by atoms with Gasteiger partial charge in [-0.2, -0.15) is 30.7 Å². The normalized spacial score (nSPS) is 12.7. The van der Waals surface area contributed by atoms with Gasteiger partial charge >= 0.3 is 18.7 Å². The van der Waals surface area contributed by atoms with Crippen LogP contribution in [0.2, 0.25) is 0 Å². The Labute approximate surface area is 243 Å². The summed E-state index contributed by atoms with van der Waals surface area (Å²) >= 11 is 0. The van der Waals surface area contributed by atoms with Crippen molar-refractivity contribution in [2.75, 3.05) is 11.5 Å². The third-order valence-electron chi connectivity index (χ3n) is 6.63. The number of hydrogen-bond donors (Lipinski definition) is 1. The lowest BCUT2D eigenvalue weighted by Gasteiger charge is -2.35. The van der Waals surface area contributed by atoms with E-state index in [9.17, 15) is 35.8 Å². The lowest BCUT2D eigenvalue weighted by molar-refractivity contribution is -0.253. The largest absolute Gasteiger partial charge is 0.461 e. The molecule has 4 aromatic carbocycles. The van der Waals surface area contributed by atoms with Crippen molar-refractivity contribution in [2.45, 2.75) is 44.6 Å². The van der Waals surface area contributed by atoms with Crippen molar-refractivity contribution >= 4 is 5.69 Å². The van der Waals surface area contributed by atoms with Crippen LogP contribution in [0.1, 0.15) is 35.2 Å². The molecule has 4 nitrogen and oxygen atoms in total. The second-order valence-electron chi connectivity index (χ2n) is 9.62. The molecule has 0 fully saturated rings. The third-order valence-corrected chi connectivity index (χ3v) is 6.63. The number of anilines is 1. The zero-order chi connectivity index (χ0) is 31.2. The van der Waals surface area contributed by atoms with Crippen LogP contribution in [-0.4, -0.2) is 24.2 Å². The number of halogens is 7. The highest BCUT2D eigenvalue weighted by Gasteiger charge is 2.44. The Kier molecular flexibility index (Phi) is 9.85. The van der Waals surface area contributed by atoms with Crippen molar-refractivity contribution in [3.8, 4) is 17.2 Å². The molecule has 0 aliphatic rings. The highest BCUT2D eigenvalue weighted by molar-refractivity contribution is 5.55. The standard InChI is InChI=1S/C32H28F7NO3/c1-2-21-8-5-11-24(16-21)42-25-12-7-10-23(18-25)40(29(20-41)27-14-3-4-15-28(27)31(35,36)37)19-22-9-6-13-26(17-22)43-32(38,39)30(33)34/h3-18,29-30,41H,2,19-20H2,1H3. The van der Waals surface area contributed by atoms with Crippen molar-refractivity contribution in [1.82, 2.24) is 0 Å². The van der Waals surface area contributed by atoms with Crippen molar-refractivity contribution < 1.29 is 45.3 Å². The van der Waals surface area contributed by atoms with E-state index in [4.69, 9.17) is 4.74 Å². The Morgan fingerprint density at radius 3 is 2.00 bits per heavy atom. The van der Waals surface area contributed by atoms with Gasteiger partial charge < -0.3 is 19.5 Å². The van der Waals surface area contributed by atoms with Crippen molar-refractivity contribution in [3.63, 3.8) is 0 Å². The molecular weight excluding hydrogens is 579 g/mol. The molecule has 0 bridgehead atoms. The Morgan fingerprint density at radius 2 is 1.35 bits per heavy atom. The van der Waals surface area contributed by atoms with Gasteiger partial charge in [0.2, 0.25) is 0 Å². The molecule has 0 amide bonds. The van der Waals surface area contributed by atoms with E-state index < -0.39 is 42.7 Å². The summed E-state index contributed by atoms with van der Waals surface area (Å²) in [5.41, 5.74) is 0.420. The van der Waals surface area contributed by atoms with Gasteiger partial charge in [0.1, 0.15) is 17.2 Å². The van der Waals surface area contributed by atoms with Crippen LogP contribution in [0.3, 0.4) is 0 Å². The quantitative estimate of drug-likeness (QED) is 0.163. The maximum Gasteiger partial charge on any atom is 0.461 e. The van der Waals surface area contributed by atoms with Gasteiger partial charge in [-0.1, -0.05) is 55.5 Å². The molecule has 11 heteroatoms. The van der Waals surface area contributed by atoms with E-state index in [0.717, 1.165) is 30.2 Å². The fourth-order valence-electron chi connectivity index (χ4n) is 4.59. The SMILES string of the molecule is CCc1cccc(Oc2cccc(N(Cc3cccc(OC(F)(F)C(F)F)c3)C(CO)c3ccccc3C(F)(F)F)c2)c1. The Hall–Kier alpha value is -4.25. The van der Waals surface area contributed by atoms with Gasteiger partial charge in [-0.3, -0.25) is 0 Å². The summed E-state index contributed by atoms with van der Waals surface area (Å²) in [7, 11) is 0. The maximum atomic E-state index is 14.0. The summed E-state index contributed by atoms with van der Waals surface area (Å²) in [5, 5.41) is 10.5. The molecule has 1 N–H and O–H groups in total. The molecule has 43 heavy (non-hydrogen) atoms. The Morgan fingerprint density at radius 1 is 0.744 bits per heavy atom. The van der Waals surface area contributed by atoms with Crippen LogP contribution in [0.5, 0.6) is 17.2 Å². The van der Waals surface area contributed by atoms with Crippen molar-refractivity contribution in [3.05, 3.63) is 119 Å². The maximum absolute atomic E-state index is 14.0. The van der Waals surface area contributed by atoms with Gasteiger partial charge in [0.25, 0.3) is 0 Å². The summed E-state index contributed by atoms with van der Waals surface area (Å²) in [6.45, 7) is 1.01. The summed E-state index contributed by atoms with van der Waals surface area (Å²) < 4.78 is 105. The molecule has 4 rings (SSSR count). The molecule has 0 heterocycles. The van der Waals surface area contributed by atoms with E-state index >= 15 is 0 Å². The number of aliphatic hydroxyl groups is 1. The smallest absolute Gasteiger partial charge is 0.457 e. The number of benzene rings is 4. The van der Waals surface area contributed by atoms with Crippen LogP contribution in [0.15, 0.2) is 97.1 Å². The average molecular weight is 608 g/mol. The van der Waals surface area contributed by atoms with Crippen LogP contribution in [0.25, 0.3) is 0 Å². The second-order valence-corrected chi connectivity index (χ2v) is 9.62. The summed E-state index contributed by atoms with van der Waals surface area (Å²) in [5.74, 6) is 0.325. The minimum Gasteiger partial charge on any atom is -0.457 e. The summed E-state index contributed by atoms with van der Waals surface area (Å²) in [6, 6.07) is 22.2. The van der Waals surface area contributed by atoms with Gasteiger partial charge in [-0.15, -0.1) is 0 Å². The Balaban J connectivity index is 1.77. The number of aryl methyl sites for hydroxylation is 1. The number of hydrogen-bond acceptors (Lipinski definition) is 4. The monoisotopic (exact) mass is 607 g/mol. The van der Waals surface area contributed by atoms with Crippen LogP contribution in [0, 0.1) is 0 Å². The number of nitrogens with zero attached hydrogens (tertiary/aromatic N) is 1. The number of rotatable bonds is 12. The van der Waals surface area contributed by atoms with Gasteiger partial charge in [-0.05, 0) is 65.6 Å². The topological polar surface area (TPSA) is 41.9 Å². The van der Waals surface area contributed by atoms with E-state index in [2.05, 4.69) is 4.74 Å². The zero-order valence-electron chi connectivity index (χ0n) is 22.9. The molecule has 0 saturated carbocycles. The first-order valence-electron chi connectivity index (χ1n) is 13.3. The molecule has 4 aromatic rings. The van der Waals surface area contributed by atoms with Crippen molar-refractivity contribution in [2.24, 2.45) is 0 Å². The highest BCUT2D eigenvalue weighted by atomic mass is 19.4. The van der Waals surface area contributed by atoms with Gasteiger partial charge in [0, 0.05) is 18.3 Å². The minimum absolute atomic E-state index is 0.219. The molecule has 0 aliphatic carbocycles. The fraction of sp³-hybridized carbons (Fsp3) is 0.250. The molecule has 0 aliphatic heterocycles. The predicted octanol–water partition coefficient (Wildman–Crippen LogP) is 9.04. The van der Waals surface area contributed by atoms with E-state index in [1.807, 2.05) is 25.1 Å². The van der Waals surface area contributed by atoms with Crippen LogP contribution in [-0.2, 0) is 19.1 Å². The molecule has 0 radical (unpaired) electrons. The van der Waals surface area contributed by atoms with Crippen LogP contribution >= 0.6 is 0 Å². The zero-order valence-corrected chi connectivity index (χ0v) is 22.9.